The fourth-order valence-corrected chi connectivity index (χ4v) is 11.3. The number of fused-ring (bicyclic) bond motifs is 7. The lowest BCUT2D eigenvalue weighted by Crippen LogP contribution is -2.66. The Bertz CT molecular complexity index is 1120. The van der Waals surface area contributed by atoms with Crippen molar-refractivity contribution in [2.45, 2.75) is 106 Å². The summed E-state index contributed by atoms with van der Waals surface area (Å²) in [5.74, 6) is 1.37. The molecule has 5 aliphatic rings. The zero-order valence-corrected chi connectivity index (χ0v) is 25.7. The SMILES string of the molecule is C=CC.CC1CCC2(C(=O)NCC(F)F)CC[C@]3(C)C(CCC4C3(C)CCC3C(C)(C)C(=O)C(C#N)=C[C@@]34C)C12. The van der Waals surface area contributed by atoms with Crippen LogP contribution in [0.3, 0.4) is 0 Å². The summed E-state index contributed by atoms with van der Waals surface area (Å²) in [4.78, 5) is 26.7. The molecular formula is C34H50F2N2O2. The minimum Gasteiger partial charge on any atom is -0.350 e. The van der Waals surface area contributed by atoms with E-state index in [0.29, 0.717) is 23.3 Å². The summed E-state index contributed by atoms with van der Waals surface area (Å²) in [5, 5.41) is 12.5. The van der Waals surface area contributed by atoms with Crippen molar-refractivity contribution in [2.75, 3.05) is 6.54 Å². The van der Waals surface area contributed by atoms with Gasteiger partial charge in [0, 0.05) is 5.41 Å². The van der Waals surface area contributed by atoms with Gasteiger partial charge >= 0.3 is 0 Å². The molecule has 6 heteroatoms. The molecule has 1 amide bonds. The molecule has 4 nitrogen and oxygen atoms in total. The smallest absolute Gasteiger partial charge is 0.255 e. The van der Waals surface area contributed by atoms with Gasteiger partial charge in [0.15, 0.2) is 5.78 Å². The summed E-state index contributed by atoms with van der Waals surface area (Å²) in [5.41, 5.74) is -0.959. The molecule has 7 unspecified atom stereocenters. The van der Waals surface area contributed by atoms with Crippen LogP contribution in [0.4, 0.5) is 8.78 Å². The standard InChI is InChI=1S/C31H44F2N2O2.C3H6/c1-18-9-12-31(26(37)35-17-23(32)33)14-13-29(5)20(24(18)31)7-8-22-28(4)15-19(16-34)25(36)27(2,3)21(28)10-11-30(22,29)6;1-3-2/h15,18,20-24H,7-14,17H2,1-6H3,(H,35,37);3H,1H2,2H3/t18?,20?,21?,22?,24?,28-,29+,30?,31?;/m0./s1. The van der Waals surface area contributed by atoms with E-state index in [1.54, 1.807) is 6.08 Å². The highest BCUT2D eigenvalue weighted by Crippen LogP contribution is 2.76. The lowest BCUT2D eigenvalue weighted by molar-refractivity contribution is -0.218. The molecule has 4 saturated carbocycles. The van der Waals surface area contributed by atoms with Gasteiger partial charge in [0.25, 0.3) is 6.43 Å². The normalized spacial score (nSPS) is 44.9. The predicted molar refractivity (Wildman–Crippen MR) is 154 cm³/mol. The maximum absolute atomic E-state index is 13.5. The molecule has 0 heterocycles. The molecule has 5 rings (SSSR count). The van der Waals surface area contributed by atoms with E-state index in [9.17, 15) is 23.6 Å². The Kier molecular flexibility index (Phi) is 8.00. The van der Waals surface area contributed by atoms with E-state index in [1.165, 1.54) is 0 Å². The van der Waals surface area contributed by atoms with Crippen molar-refractivity contribution >= 4 is 11.7 Å². The number of nitrogens with zero attached hydrogens (tertiary/aromatic N) is 1. The third kappa shape index (κ3) is 4.15. The molecule has 1 N–H and O–H groups in total. The van der Waals surface area contributed by atoms with Gasteiger partial charge in [-0.15, -0.1) is 6.58 Å². The first-order valence-electron chi connectivity index (χ1n) is 15.4. The van der Waals surface area contributed by atoms with Crippen molar-refractivity contribution in [2.24, 2.45) is 56.7 Å². The molecule has 0 aromatic heterocycles. The fourth-order valence-electron chi connectivity index (χ4n) is 11.3. The van der Waals surface area contributed by atoms with Crippen LogP contribution in [0.1, 0.15) is 99.8 Å². The average molecular weight is 557 g/mol. The number of nitriles is 1. The quantitative estimate of drug-likeness (QED) is 0.359. The second-order valence-corrected chi connectivity index (χ2v) is 15.0. The van der Waals surface area contributed by atoms with Gasteiger partial charge in [-0.1, -0.05) is 53.7 Å². The minimum atomic E-state index is -2.53. The summed E-state index contributed by atoms with van der Waals surface area (Å²) in [6.45, 7) is 18.2. The molecule has 9 atom stereocenters. The second kappa shape index (κ2) is 10.4. The lowest BCUT2D eigenvalue weighted by Gasteiger charge is -2.71. The van der Waals surface area contributed by atoms with Crippen molar-refractivity contribution in [1.82, 2.24) is 5.32 Å². The Hall–Kier alpha value is -2.03. The Labute approximate surface area is 240 Å². The number of allylic oxidation sites excluding steroid dienone is 3. The van der Waals surface area contributed by atoms with Gasteiger partial charge < -0.3 is 5.32 Å². The molecular weight excluding hydrogens is 506 g/mol. The van der Waals surface area contributed by atoms with Crippen LogP contribution in [0.25, 0.3) is 0 Å². The Morgan fingerprint density at radius 1 is 1.07 bits per heavy atom. The number of nitrogens with one attached hydrogen (secondary N) is 1. The second-order valence-electron chi connectivity index (χ2n) is 15.0. The maximum atomic E-state index is 13.5. The number of ketones is 1. The summed E-state index contributed by atoms with van der Waals surface area (Å²) in [6, 6.07) is 2.23. The van der Waals surface area contributed by atoms with Crippen molar-refractivity contribution < 1.29 is 18.4 Å². The van der Waals surface area contributed by atoms with Crippen molar-refractivity contribution in [3.05, 3.63) is 24.3 Å². The van der Waals surface area contributed by atoms with E-state index in [0.717, 1.165) is 51.4 Å². The van der Waals surface area contributed by atoms with E-state index in [1.807, 2.05) is 26.8 Å². The number of amides is 1. The summed E-state index contributed by atoms with van der Waals surface area (Å²) >= 11 is 0. The number of hydrogen-bond donors (Lipinski definition) is 1. The van der Waals surface area contributed by atoms with Gasteiger partial charge in [0.2, 0.25) is 5.91 Å². The van der Waals surface area contributed by atoms with Crippen LogP contribution in [-0.2, 0) is 9.59 Å². The number of hydrogen-bond acceptors (Lipinski definition) is 3. The highest BCUT2D eigenvalue weighted by atomic mass is 19.3. The molecule has 0 aromatic rings. The van der Waals surface area contributed by atoms with Gasteiger partial charge in [0.05, 0.1) is 17.5 Å². The number of rotatable bonds is 3. The molecule has 0 spiro atoms. The average Bonchev–Trinajstić information content (AvgIpc) is 3.23. The zero-order chi connectivity index (χ0) is 29.9. The van der Waals surface area contributed by atoms with E-state index < -0.39 is 23.8 Å². The van der Waals surface area contributed by atoms with Crippen molar-refractivity contribution in [3.63, 3.8) is 0 Å². The number of carbonyl (C=O) groups excluding carboxylic acids is 2. The molecule has 4 fully saturated rings. The topological polar surface area (TPSA) is 70.0 Å². The van der Waals surface area contributed by atoms with Gasteiger partial charge in [-0.25, -0.2) is 8.78 Å². The monoisotopic (exact) mass is 556 g/mol. The first-order chi connectivity index (χ1) is 18.6. The van der Waals surface area contributed by atoms with E-state index in [2.05, 4.69) is 45.7 Å². The number of carbonyl (C=O) groups is 2. The van der Waals surface area contributed by atoms with Crippen LogP contribution < -0.4 is 5.32 Å². The number of alkyl halides is 2. The highest BCUT2D eigenvalue weighted by Gasteiger charge is 2.71. The Morgan fingerprint density at radius 2 is 1.73 bits per heavy atom. The summed E-state index contributed by atoms with van der Waals surface area (Å²) in [6.07, 6.45) is 8.75. The molecule has 0 bridgehead atoms. The largest absolute Gasteiger partial charge is 0.350 e. The van der Waals surface area contributed by atoms with Crippen LogP contribution in [0, 0.1) is 68.0 Å². The van der Waals surface area contributed by atoms with Gasteiger partial charge in [-0.2, -0.15) is 5.26 Å². The molecule has 222 valence electrons. The summed E-state index contributed by atoms with van der Waals surface area (Å²) < 4.78 is 26.0. The van der Waals surface area contributed by atoms with Crippen LogP contribution in [-0.4, -0.2) is 24.7 Å². The Morgan fingerprint density at radius 3 is 2.33 bits per heavy atom. The number of halogens is 2. The van der Waals surface area contributed by atoms with Crippen molar-refractivity contribution in [3.8, 4) is 6.07 Å². The lowest BCUT2D eigenvalue weighted by atomic mass is 9.33. The van der Waals surface area contributed by atoms with Crippen molar-refractivity contribution in [1.29, 1.82) is 5.26 Å². The highest BCUT2D eigenvalue weighted by molar-refractivity contribution is 6.04. The van der Waals surface area contributed by atoms with Gasteiger partial charge in [-0.05, 0) is 104 Å². The zero-order valence-electron chi connectivity index (χ0n) is 25.7. The van der Waals surface area contributed by atoms with Crippen LogP contribution in [0.15, 0.2) is 24.3 Å². The molecule has 0 aromatic carbocycles. The Balaban J connectivity index is 0.00000118. The van der Waals surface area contributed by atoms with Crippen LogP contribution in [0.5, 0.6) is 0 Å². The maximum Gasteiger partial charge on any atom is 0.255 e. The van der Waals surface area contributed by atoms with Crippen LogP contribution >= 0.6 is 0 Å². The summed E-state index contributed by atoms with van der Waals surface area (Å²) in [7, 11) is 0. The third-order valence-electron chi connectivity index (χ3n) is 13.1. The molecule has 5 aliphatic carbocycles. The first-order valence-corrected chi connectivity index (χ1v) is 15.4. The van der Waals surface area contributed by atoms with E-state index in [-0.39, 0.29) is 39.8 Å². The number of Topliss-reactive ketones (excluding diaryl/α,β-unsaturated/α-hetero) is 1. The van der Waals surface area contributed by atoms with Gasteiger partial charge in [0.1, 0.15) is 6.07 Å². The predicted octanol–water partition coefficient (Wildman–Crippen LogP) is 7.90. The van der Waals surface area contributed by atoms with Crippen LogP contribution in [0.2, 0.25) is 0 Å². The molecule has 0 radical (unpaired) electrons. The first kappa shape index (κ1) is 30.9. The van der Waals surface area contributed by atoms with E-state index in [4.69, 9.17) is 0 Å². The van der Waals surface area contributed by atoms with E-state index >= 15 is 0 Å². The minimum absolute atomic E-state index is 0.0157. The van der Waals surface area contributed by atoms with Gasteiger partial charge in [-0.3, -0.25) is 9.59 Å². The third-order valence-corrected chi connectivity index (χ3v) is 13.1. The molecule has 0 saturated heterocycles. The fraction of sp³-hybridized carbons (Fsp3) is 0.794. The molecule has 40 heavy (non-hydrogen) atoms. The molecule has 0 aliphatic heterocycles.